The van der Waals surface area contributed by atoms with Gasteiger partial charge in [-0.1, -0.05) is 0 Å². The van der Waals surface area contributed by atoms with Crippen LogP contribution in [0.15, 0.2) is 21.9 Å². The summed E-state index contributed by atoms with van der Waals surface area (Å²) in [5.41, 5.74) is -0.579. The molecule has 7 heteroatoms. The first-order chi connectivity index (χ1) is 10.1. The Morgan fingerprint density at radius 3 is 2.76 bits per heavy atom. The van der Waals surface area contributed by atoms with Gasteiger partial charge in [0.05, 0.1) is 12.1 Å². The third-order valence-electron chi connectivity index (χ3n) is 4.50. The number of nitrogens with one attached hydrogen (secondary N) is 1. The molecule has 7 nitrogen and oxygen atoms in total. The Morgan fingerprint density at radius 1 is 1.24 bits per heavy atom. The highest BCUT2D eigenvalue weighted by Crippen LogP contribution is 2.23. The first-order valence-corrected chi connectivity index (χ1v) is 7.38. The largest absolute Gasteiger partial charge is 0.355 e. The van der Waals surface area contributed by atoms with Crippen LogP contribution in [0, 0.1) is 0 Å². The summed E-state index contributed by atoms with van der Waals surface area (Å²) in [4.78, 5) is 37.7. The molecule has 2 unspecified atom stereocenters. The third kappa shape index (κ3) is 2.53. The van der Waals surface area contributed by atoms with Crippen molar-refractivity contribution in [3.05, 3.63) is 33.1 Å². The first-order valence-electron chi connectivity index (χ1n) is 7.38. The summed E-state index contributed by atoms with van der Waals surface area (Å²) in [5, 5.41) is 2.85. The Bertz CT molecular complexity index is 663. The van der Waals surface area contributed by atoms with Crippen LogP contribution in [0.1, 0.15) is 25.3 Å². The van der Waals surface area contributed by atoms with E-state index in [0.717, 1.165) is 36.9 Å². The molecule has 2 aliphatic rings. The molecule has 1 aromatic heterocycles. The van der Waals surface area contributed by atoms with E-state index in [1.54, 1.807) is 10.8 Å². The van der Waals surface area contributed by atoms with Gasteiger partial charge in [-0.05, 0) is 25.8 Å². The second kappa shape index (κ2) is 5.48. The Hall–Kier alpha value is -1.89. The second-order valence-corrected chi connectivity index (χ2v) is 5.79. The van der Waals surface area contributed by atoms with Crippen LogP contribution in [-0.2, 0) is 11.8 Å². The fourth-order valence-corrected chi connectivity index (χ4v) is 3.29. The summed E-state index contributed by atoms with van der Waals surface area (Å²) < 4.78 is 2.75. The summed E-state index contributed by atoms with van der Waals surface area (Å²) in [7, 11) is 1.49. The lowest BCUT2D eigenvalue weighted by atomic mass is 10.0. The SMILES string of the molecule is Cn1c(=O)ccn(C2CCCN(C3CCNC3=O)C2)c1=O. The van der Waals surface area contributed by atoms with Crippen LogP contribution >= 0.6 is 0 Å². The van der Waals surface area contributed by atoms with Crippen LogP contribution in [0.3, 0.4) is 0 Å². The van der Waals surface area contributed by atoms with Crippen molar-refractivity contribution in [3.63, 3.8) is 0 Å². The quantitative estimate of drug-likeness (QED) is 0.764. The summed E-state index contributed by atoms with van der Waals surface area (Å²) in [6.45, 7) is 2.29. The number of likely N-dealkylation sites (tertiary alicyclic amines) is 1. The molecule has 1 N–H and O–H groups in total. The molecule has 2 aliphatic heterocycles. The number of aromatic nitrogens is 2. The molecule has 3 rings (SSSR count). The van der Waals surface area contributed by atoms with Gasteiger partial charge in [-0.3, -0.25) is 23.6 Å². The van der Waals surface area contributed by atoms with Gasteiger partial charge in [0.15, 0.2) is 0 Å². The van der Waals surface area contributed by atoms with Crippen LogP contribution in [0.25, 0.3) is 0 Å². The Labute approximate surface area is 122 Å². The lowest BCUT2D eigenvalue weighted by molar-refractivity contribution is -0.124. The highest BCUT2D eigenvalue weighted by Gasteiger charge is 2.34. The lowest BCUT2D eigenvalue weighted by Crippen LogP contribution is -2.49. The number of rotatable bonds is 2. The van der Waals surface area contributed by atoms with Crippen molar-refractivity contribution >= 4 is 5.91 Å². The van der Waals surface area contributed by atoms with E-state index in [0.29, 0.717) is 6.54 Å². The maximum absolute atomic E-state index is 12.2. The van der Waals surface area contributed by atoms with Crippen molar-refractivity contribution in [2.75, 3.05) is 19.6 Å². The van der Waals surface area contributed by atoms with E-state index in [1.165, 1.54) is 13.1 Å². The minimum absolute atomic E-state index is 0.0199. The average Bonchev–Trinajstić information content (AvgIpc) is 2.91. The number of hydrogen-bond acceptors (Lipinski definition) is 4. The molecule has 0 saturated carbocycles. The zero-order valence-corrected chi connectivity index (χ0v) is 12.1. The molecule has 2 saturated heterocycles. The van der Waals surface area contributed by atoms with Crippen LogP contribution in [-0.4, -0.2) is 45.6 Å². The first kappa shape index (κ1) is 14.1. The monoisotopic (exact) mass is 292 g/mol. The molecule has 0 aromatic carbocycles. The van der Waals surface area contributed by atoms with Crippen LogP contribution in [0.4, 0.5) is 0 Å². The zero-order valence-electron chi connectivity index (χ0n) is 12.1. The van der Waals surface area contributed by atoms with Crippen LogP contribution in [0.2, 0.25) is 0 Å². The molecular weight excluding hydrogens is 272 g/mol. The van der Waals surface area contributed by atoms with Gasteiger partial charge in [-0.25, -0.2) is 4.79 Å². The normalized spacial score (nSPS) is 26.8. The van der Waals surface area contributed by atoms with E-state index in [-0.39, 0.29) is 29.2 Å². The molecule has 0 bridgehead atoms. The molecule has 3 heterocycles. The molecule has 21 heavy (non-hydrogen) atoms. The minimum Gasteiger partial charge on any atom is -0.355 e. The van der Waals surface area contributed by atoms with Crippen molar-refractivity contribution in [2.24, 2.45) is 7.05 Å². The number of carbonyl (C=O) groups is 1. The topological polar surface area (TPSA) is 76.3 Å². The second-order valence-electron chi connectivity index (χ2n) is 5.79. The Kier molecular flexibility index (Phi) is 3.67. The predicted molar refractivity (Wildman–Crippen MR) is 77.2 cm³/mol. The number of carbonyl (C=O) groups excluding carboxylic acids is 1. The highest BCUT2D eigenvalue weighted by atomic mass is 16.2. The summed E-state index contributed by atoms with van der Waals surface area (Å²) >= 11 is 0. The number of amides is 1. The van der Waals surface area contributed by atoms with Crippen LogP contribution < -0.4 is 16.6 Å². The van der Waals surface area contributed by atoms with Gasteiger partial charge < -0.3 is 5.32 Å². The summed E-state index contributed by atoms with van der Waals surface area (Å²) in [6.07, 6.45) is 4.24. The van der Waals surface area contributed by atoms with Gasteiger partial charge in [0.2, 0.25) is 5.91 Å². The fraction of sp³-hybridized carbons (Fsp3) is 0.643. The van der Waals surface area contributed by atoms with E-state index in [9.17, 15) is 14.4 Å². The molecule has 1 aromatic rings. The van der Waals surface area contributed by atoms with E-state index < -0.39 is 0 Å². The molecular formula is C14H20N4O3. The van der Waals surface area contributed by atoms with Gasteiger partial charge in [0, 0.05) is 32.4 Å². The number of nitrogens with zero attached hydrogens (tertiary/aromatic N) is 3. The smallest absolute Gasteiger partial charge is 0.330 e. The molecule has 2 fully saturated rings. The molecule has 1 amide bonds. The maximum atomic E-state index is 12.2. The lowest BCUT2D eigenvalue weighted by Gasteiger charge is -2.36. The zero-order chi connectivity index (χ0) is 15.0. The molecule has 114 valence electrons. The minimum atomic E-state index is -0.293. The van der Waals surface area contributed by atoms with E-state index in [2.05, 4.69) is 10.2 Å². The highest BCUT2D eigenvalue weighted by molar-refractivity contribution is 5.83. The molecule has 0 spiro atoms. The van der Waals surface area contributed by atoms with Crippen molar-refractivity contribution in [2.45, 2.75) is 31.3 Å². The van der Waals surface area contributed by atoms with E-state index in [4.69, 9.17) is 0 Å². The van der Waals surface area contributed by atoms with Crippen molar-refractivity contribution < 1.29 is 4.79 Å². The van der Waals surface area contributed by atoms with E-state index in [1.807, 2.05) is 0 Å². The van der Waals surface area contributed by atoms with Crippen LogP contribution in [0.5, 0.6) is 0 Å². The Balaban J connectivity index is 1.83. The molecule has 0 aliphatic carbocycles. The fourth-order valence-electron chi connectivity index (χ4n) is 3.29. The third-order valence-corrected chi connectivity index (χ3v) is 4.50. The Morgan fingerprint density at radius 2 is 2.05 bits per heavy atom. The van der Waals surface area contributed by atoms with Crippen molar-refractivity contribution in [1.82, 2.24) is 19.4 Å². The molecule has 0 radical (unpaired) electrons. The maximum Gasteiger partial charge on any atom is 0.330 e. The standard InChI is InChI=1S/C14H20N4O3/c1-16-12(19)5-8-18(14(16)21)10-3-2-7-17(9-10)11-4-6-15-13(11)20/h5,8,10-11H,2-4,6-7,9H2,1H3,(H,15,20). The predicted octanol–water partition coefficient (Wildman–Crippen LogP) is -0.928. The summed E-state index contributed by atoms with van der Waals surface area (Å²) in [6, 6.07) is 1.37. The van der Waals surface area contributed by atoms with Gasteiger partial charge in [-0.15, -0.1) is 0 Å². The summed E-state index contributed by atoms with van der Waals surface area (Å²) in [5.74, 6) is 0.0865. The average molecular weight is 292 g/mol. The van der Waals surface area contributed by atoms with E-state index >= 15 is 0 Å². The van der Waals surface area contributed by atoms with Gasteiger partial charge in [0.25, 0.3) is 5.56 Å². The number of piperidine rings is 1. The molecule has 2 atom stereocenters. The van der Waals surface area contributed by atoms with Crippen molar-refractivity contribution in [1.29, 1.82) is 0 Å². The number of hydrogen-bond donors (Lipinski definition) is 1. The van der Waals surface area contributed by atoms with Crippen molar-refractivity contribution in [3.8, 4) is 0 Å². The van der Waals surface area contributed by atoms with Gasteiger partial charge in [-0.2, -0.15) is 0 Å². The van der Waals surface area contributed by atoms with Gasteiger partial charge >= 0.3 is 5.69 Å². The van der Waals surface area contributed by atoms with Gasteiger partial charge in [0.1, 0.15) is 0 Å².